The van der Waals surface area contributed by atoms with Crippen LogP contribution in [0.3, 0.4) is 0 Å². The monoisotopic (exact) mass is 352 g/mol. The summed E-state index contributed by atoms with van der Waals surface area (Å²) >= 11 is 0. The van der Waals surface area contributed by atoms with Gasteiger partial charge in [0.15, 0.2) is 0 Å². The third kappa shape index (κ3) is 3.28. The van der Waals surface area contributed by atoms with E-state index in [0.29, 0.717) is 37.4 Å². The van der Waals surface area contributed by atoms with E-state index >= 15 is 0 Å². The number of amides is 1. The Kier molecular flexibility index (Phi) is 4.83. The molecule has 132 valence electrons. The molecule has 0 aromatic heterocycles. The van der Waals surface area contributed by atoms with Gasteiger partial charge in [0.1, 0.15) is 0 Å². The minimum atomic E-state index is -3.23. The average molecular weight is 352 g/mol. The molecule has 0 bridgehead atoms. The van der Waals surface area contributed by atoms with Gasteiger partial charge in [-0.15, -0.1) is 0 Å². The van der Waals surface area contributed by atoms with Gasteiger partial charge in [-0.25, -0.2) is 8.42 Å². The first-order valence-electron chi connectivity index (χ1n) is 8.41. The highest BCUT2D eigenvalue weighted by Gasteiger charge is 2.31. The second kappa shape index (κ2) is 6.72. The van der Waals surface area contributed by atoms with E-state index in [1.54, 1.807) is 24.3 Å². The number of carbonyl (C=O) groups excluding carboxylic acids is 1. The second-order valence-corrected chi connectivity index (χ2v) is 8.60. The quantitative estimate of drug-likeness (QED) is 0.815. The lowest BCUT2D eigenvalue weighted by molar-refractivity contribution is -0.0249. The Hall–Kier alpha value is -1.60. The van der Waals surface area contributed by atoms with E-state index in [4.69, 9.17) is 4.74 Å². The van der Waals surface area contributed by atoms with Gasteiger partial charge in [0, 0.05) is 12.1 Å². The fourth-order valence-electron chi connectivity index (χ4n) is 3.40. The molecule has 0 N–H and O–H groups in total. The van der Waals surface area contributed by atoms with Crippen LogP contribution in [0.25, 0.3) is 0 Å². The average Bonchev–Trinajstić information content (AvgIpc) is 2.54. The lowest BCUT2D eigenvalue weighted by atomic mass is 10.1. The number of morpholine rings is 1. The number of carbonyl (C=O) groups is 1. The predicted octanol–water partition coefficient (Wildman–Crippen LogP) is 1.87. The minimum absolute atomic E-state index is 0.0309. The molecule has 2 fully saturated rings. The van der Waals surface area contributed by atoms with Crippen molar-refractivity contribution in [1.29, 1.82) is 0 Å². The van der Waals surface area contributed by atoms with Crippen molar-refractivity contribution in [2.24, 2.45) is 0 Å². The van der Waals surface area contributed by atoms with Crippen molar-refractivity contribution in [3.63, 3.8) is 0 Å². The maximum Gasteiger partial charge on any atom is 0.254 e. The first kappa shape index (κ1) is 17.2. The lowest BCUT2D eigenvalue weighted by Gasteiger charge is -2.38. The Morgan fingerprint density at radius 3 is 2.29 bits per heavy atom. The summed E-state index contributed by atoms with van der Waals surface area (Å²) in [7, 11) is -3.23. The van der Waals surface area contributed by atoms with Crippen molar-refractivity contribution < 1.29 is 17.9 Å². The van der Waals surface area contributed by atoms with Gasteiger partial charge in [0.2, 0.25) is 10.0 Å². The molecule has 3 rings (SSSR count). The van der Waals surface area contributed by atoms with Gasteiger partial charge in [0.05, 0.1) is 36.7 Å². The van der Waals surface area contributed by atoms with Gasteiger partial charge in [-0.05, 0) is 51.0 Å². The Morgan fingerprint density at radius 2 is 1.71 bits per heavy atom. The number of hydrogen-bond donors (Lipinski definition) is 0. The first-order valence-corrected chi connectivity index (χ1v) is 10.0. The molecule has 6 nitrogen and oxygen atoms in total. The fraction of sp³-hybridized carbons (Fsp3) is 0.588. The van der Waals surface area contributed by atoms with Crippen LogP contribution in [-0.2, 0) is 14.8 Å². The summed E-state index contributed by atoms with van der Waals surface area (Å²) in [5.41, 5.74) is 1.21. The van der Waals surface area contributed by atoms with Crippen LogP contribution in [0.1, 0.15) is 37.0 Å². The molecule has 1 amide bonds. The van der Waals surface area contributed by atoms with Crippen LogP contribution >= 0.6 is 0 Å². The summed E-state index contributed by atoms with van der Waals surface area (Å²) in [4.78, 5) is 14.6. The van der Waals surface area contributed by atoms with E-state index < -0.39 is 10.0 Å². The summed E-state index contributed by atoms with van der Waals surface area (Å²) in [6, 6.07) is 6.96. The number of nitrogens with zero attached hydrogens (tertiary/aromatic N) is 2. The topological polar surface area (TPSA) is 66.9 Å². The zero-order valence-corrected chi connectivity index (χ0v) is 15.0. The molecule has 0 aliphatic carbocycles. The van der Waals surface area contributed by atoms with Gasteiger partial charge in [0.25, 0.3) is 5.91 Å². The molecule has 0 saturated carbocycles. The summed E-state index contributed by atoms with van der Waals surface area (Å²) in [5.74, 6) is 0.155. The molecule has 0 radical (unpaired) electrons. The predicted molar refractivity (Wildman–Crippen MR) is 92.7 cm³/mol. The number of rotatable bonds is 2. The van der Waals surface area contributed by atoms with Gasteiger partial charge >= 0.3 is 0 Å². The van der Waals surface area contributed by atoms with Crippen molar-refractivity contribution in [2.75, 3.05) is 29.8 Å². The van der Waals surface area contributed by atoms with Gasteiger partial charge in [-0.1, -0.05) is 0 Å². The summed E-state index contributed by atoms with van der Waals surface area (Å²) < 4.78 is 31.3. The minimum Gasteiger partial charge on any atom is -0.377 e. The molecule has 1 aromatic rings. The van der Waals surface area contributed by atoms with E-state index in [0.717, 1.165) is 6.42 Å². The van der Waals surface area contributed by atoms with Crippen LogP contribution in [0.4, 0.5) is 5.69 Å². The number of benzene rings is 1. The summed E-state index contributed by atoms with van der Waals surface area (Å²) in [5, 5.41) is 0. The normalized spacial score (nSPS) is 27.1. The largest absolute Gasteiger partial charge is 0.377 e. The Morgan fingerprint density at radius 1 is 1.08 bits per heavy atom. The highest BCUT2D eigenvalue weighted by atomic mass is 32.2. The highest BCUT2D eigenvalue weighted by Crippen LogP contribution is 2.25. The van der Waals surface area contributed by atoms with Gasteiger partial charge in [-0.2, -0.15) is 0 Å². The summed E-state index contributed by atoms with van der Waals surface area (Å²) in [6.07, 6.45) is 1.57. The number of hydrogen-bond acceptors (Lipinski definition) is 4. The molecule has 2 aliphatic heterocycles. The van der Waals surface area contributed by atoms with Crippen LogP contribution in [0.2, 0.25) is 0 Å². The van der Waals surface area contributed by atoms with Crippen LogP contribution in [0, 0.1) is 0 Å². The Balaban J connectivity index is 1.80. The van der Waals surface area contributed by atoms with Crippen molar-refractivity contribution in [3.05, 3.63) is 29.8 Å². The van der Waals surface area contributed by atoms with E-state index in [-0.39, 0.29) is 23.7 Å². The lowest BCUT2D eigenvalue weighted by Crippen LogP contribution is -2.52. The fourth-order valence-corrected chi connectivity index (χ4v) is 5.04. The Bertz CT molecular complexity index is 692. The third-order valence-electron chi connectivity index (χ3n) is 4.65. The molecule has 2 saturated heterocycles. The number of ether oxygens (including phenoxy) is 1. The van der Waals surface area contributed by atoms with Crippen LogP contribution in [0.5, 0.6) is 0 Å². The Labute approximate surface area is 143 Å². The molecule has 1 aromatic carbocycles. The maximum absolute atomic E-state index is 12.8. The van der Waals surface area contributed by atoms with Crippen molar-refractivity contribution in [1.82, 2.24) is 4.90 Å². The number of anilines is 1. The maximum atomic E-state index is 12.8. The number of sulfonamides is 1. The van der Waals surface area contributed by atoms with E-state index in [1.165, 1.54) is 4.31 Å². The molecule has 2 aliphatic rings. The van der Waals surface area contributed by atoms with E-state index in [2.05, 4.69) is 0 Å². The van der Waals surface area contributed by atoms with Gasteiger partial charge < -0.3 is 9.64 Å². The summed E-state index contributed by atoms with van der Waals surface area (Å²) in [6.45, 7) is 5.54. The molecular formula is C17H24N2O4S. The first-order chi connectivity index (χ1) is 11.4. The molecule has 7 heteroatoms. The second-order valence-electron chi connectivity index (χ2n) is 6.59. The molecular weight excluding hydrogens is 328 g/mol. The molecule has 2 atom stereocenters. The van der Waals surface area contributed by atoms with Crippen molar-refractivity contribution >= 4 is 21.6 Å². The molecule has 0 spiro atoms. The van der Waals surface area contributed by atoms with Crippen LogP contribution in [0.15, 0.2) is 24.3 Å². The molecule has 24 heavy (non-hydrogen) atoms. The standard InChI is InChI=1S/C17H24N2O4S/c1-13-11-23-12-14(2)19(13)17(20)15-5-7-16(8-6-15)18-9-3-4-10-24(18,21)22/h5-8,13-14H,3-4,9-12H2,1-2H3. The molecule has 2 unspecified atom stereocenters. The highest BCUT2D eigenvalue weighted by molar-refractivity contribution is 7.92. The SMILES string of the molecule is CC1COCC(C)N1C(=O)c1ccc(N2CCCCS2(=O)=O)cc1. The molecule has 2 heterocycles. The smallest absolute Gasteiger partial charge is 0.254 e. The van der Waals surface area contributed by atoms with Crippen molar-refractivity contribution in [3.8, 4) is 0 Å². The third-order valence-corrected chi connectivity index (χ3v) is 6.52. The van der Waals surface area contributed by atoms with E-state index in [9.17, 15) is 13.2 Å². The van der Waals surface area contributed by atoms with Crippen molar-refractivity contribution in [2.45, 2.75) is 38.8 Å². The van der Waals surface area contributed by atoms with Crippen LogP contribution < -0.4 is 4.31 Å². The van der Waals surface area contributed by atoms with E-state index in [1.807, 2.05) is 18.7 Å². The van der Waals surface area contributed by atoms with Crippen LogP contribution in [-0.4, -0.2) is 56.8 Å². The van der Waals surface area contributed by atoms with Gasteiger partial charge in [-0.3, -0.25) is 9.10 Å². The zero-order chi connectivity index (χ0) is 17.3. The zero-order valence-electron chi connectivity index (χ0n) is 14.1.